The molecule has 5 heteroatoms. The summed E-state index contributed by atoms with van der Waals surface area (Å²) in [6.07, 6.45) is 0.812. The van der Waals surface area contributed by atoms with Crippen molar-refractivity contribution in [1.29, 1.82) is 0 Å². The van der Waals surface area contributed by atoms with Crippen LogP contribution in [0.4, 0.5) is 0 Å². The first kappa shape index (κ1) is 13.7. The van der Waals surface area contributed by atoms with Crippen molar-refractivity contribution >= 4 is 10.9 Å². The highest BCUT2D eigenvalue weighted by molar-refractivity contribution is 5.80. The van der Waals surface area contributed by atoms with Gasteiger partial charge in [0.1, 0.15) is 5.69 Å². The molecule has 1 unspecified atom stereocenters. The zero-order valence-electron chi connectivity index (χ0n) is 12.2. The van der Waals surface area contributed by atoms with Gasteiger partial charge in [0.2, 0.25) is 11.7 Å². The van der Waals surface area contributed by atoms with Crippen LogP contribution in [0.25, 0.3) is 22.4 Å². The summed E-state index contributed by atoms with van der Waals surface area (Å²) in [6.45, 7) is 4.23. The number of para-hydroxylation sites is 1. The first-order valence-electron chi connectivity index (χ1n) is 7.09. The molecule has 21 heavy (non-hydrogen) atoms. The summed E-state index contributed by atoms with van der Waals surface area (Å²) in [4.78, 5) is 8.93. The zero-order valence-corrected chi connectivity index (χ0v) is 12.2. The van der Waals surface area contributed by atoms with Crippen LogP contribution in [0.1, 0.15) is 32.2 Å². The maximum Gasteiger partial charge on any atom is 0.243 e. The number of fused-ring (bicyclic) bond motifs is 1. The van der Waals surface area contributed by atoms with Crippen LogP contribution >= 0.6 is 0 Å². The van der Waals surface area contributed by atoms with E-state index in [1.807, 2.05) is 36.4 Å². The van der Waals surface area contributed by atoms with Crippen LogP contribution in [0.3, 0.4) is 0 Å². The van der Waals surface area contributed by atoms with E-state index in [1.54, 1.807) is 0 Å². The second-order valence-corrected chi connectivity index (χ2v) is 5.58. The molecule has 108 valence electrons. The normalized spacial score (nSPS) is 13.0. The highest BCUT2D eigenvalue weighted by atomic mass is 16.5. The van der Waals surface area contributed by atoms with Crippen molar-refractivity contribution in [2.75, 3.05) is 0 Å². The molecule has 0 saturated carbocycles. The molecular weight excluding hydrogens is 264 g/mol. The molecule has 3 aromatic rings. The van der Waals surface area contributed by atoms with Crippen LogP contribution in [0.15, 0.2) is 40.9 Å². The van der Waals surface area contributed by atoms with E-state index in [0.717, 1.165) is 17.3 Å². The summed E-state index contributed by atoms with van der Waals surface area (Å²) in [5.41, 5.74) is 7.67. The van der Waals surface area contributed by atoms with Crippen LogP contribution < -0.4 is 5.73 Å². The van der Waals surface area contributed by atoms with Gasteiger partial charge in [0, 0.05) is 5.39 Å². The lowest BCUT2D eigenvalue weighted by atomic mass is 10.0. The van der Waals surface area contributed by atoms with Gasteiger partial charge in [-0.1, -0.05) is 43.3 Å². The molecule has 0 bridgehead atoms. The highest BCUT2D eigenvalue weighted by Crippen LogP contribution is 2.22. The van der Waals surface area contributed by atoms with Crippen molar-refractivity contribution in [3.63, 3.8) is 0 Å². The van der Waals surface area contributed by atoms with Gasteiger partial charge in [-0.2, -0.15) is 4.98 Å². The van der Waals surface area contributed by atoms with Crippen LogP contribution in [0.5, 0.6) is 0 Å². The number of benzene rings is 1. The molecule has 0 saturated heterocycles. The zero-order chi connectivity index (χ0) is 14.8. The fourth-order valence-electron chi connectivity index (χ4n) is 2.29. The molecule has 1 aromatic carbocycles. The molecule has 0 aliphatic rings. The number of nitrogens with zero attached hydrogens (tertiary/aromatic N) is 3. The topological polar surface area (TPSA) is 77.8 Å². The number of rotatable bonds is 4. The largest absolute Gasteiger partial charge is 0.337 e. The third-order valence-electron chi connectivity index (χ3n) is 3.31. The standard InChI is InChI=1S/C16H18N4O/c1-10(2)9-12(17)16-19-15(20-21-16)14-8-7-11-5-3-4-6-13(11)18-14/h3-8,10,12H,9,17H2,1-2H3. The quantitative estimate of drug-likeness (QED) is 0.794. The molecular formula is C16H18N4O. The molecule has 0 aliphatic carbocycles. The van der Waals surface area contributed by atoms with Gasteiger partial charge in [-0.05, 0) is 24.5 Å². The molecule has 5 nitrogen and oxygen atoms in total. The second kappa shape index (κ2) is 5.61. The Morgan fingerprint density at radius 2 is 1.90 bits per heavy atom. The number of hydrogen-bond donors (Lipinski definition) is 1. The van der Waals surface area contributed by atoms with E-state index >= 15 is 0 Å². The monoisotopic (exact) mass is 282 g/mol. The minimum absolute atomic E-state index is 0.230. The van der Waals surface area contributed by atoms with E-state index < -0.39 is 0 Å². The van der Waals surface area contributed by atoms with Crippen LogP contribution in [-0.4, -0.2) is 15.1 Å². The summed E-state index contributed by atoms with van der Waals surface area (Å²) in [7, 11) is 0. The van der Waals surface area contributed by atoms with Gasteiger partial charge >= 0.3 is 0 Å². The number of aromatic nitrogens is 3. The summed E-state index contributed by atoms with van der Waals surface area (Å²) >= 11 is 0. The average molecular weight is 282 g/mol. The predicted octanol–water partition coefficient (Wildman–Crippen LogP) is 3.33. The number of pyridine rings is 1. The van der Waals surface area contributed by atoms with Crippen LogP contribution in [0, 0.1) is 5.92 Å². The summed E-state index contributed by atoms with van der Waals surface area (Å²) in [5, 5.41) is 5.08. The molecule has 0 radical (unpaired) electrons. The molecule has 0 amide bonds. The number of hydrogen-bond acceptors (Lipinski definition) is 5. The molecule has 0 aliphatic heterocycles. The molecule has 3 rings (SSSR count). The second-order valence-electron chi connectivity index (χ2n) is 5.58. The smallest absolute Gasteiger partial charge is 0.243 e. The molecule has 2 aromatic heterocycles. The van der Waals surface area contributed by atoms with E-state index in [0.29, 0.717) is 23.3 Å². The number of nitrogens with two attached hydrogens (primary N) is 1. The summed E-state index contributed by atoms with van der Waals surface area (Å²) < 4.78 is 5.27. The maximum atomic E-state index is 6.06. The van der Waals surface area contributed by atoms with Gasteiger partial charge in [0.15, 0.2) is 0 Å². The minimum Gasteiger partial charge on any atom is -0.337 e. The fraction of sp³-hybridized carbons (Fsp3) is 0.312. The van der Waals surface area contributed by atoms with E-state index in [-0.39, 0.29) is 6.04 Å². The van der Waals surface area contributed by atoms with Crippen LogP contribution in [-0.2, 0) is 0 Å². The lowest BCUT2D eigenvalue weighted by Gasteiger charge is -2.08. The first-order chi connectivity index (χ1) is 10.1. The Balaban J connectivity index is 1.90. The lowest BCUT2D eigenvalue weighted by Crippen LogP contribution is -2.13. The fourth-order valence-corrected chi connectivity index (χ4v) is 2.29. The van der Waals surface area contributed by atoms with Gasteiger partial charge < -0.3 is 10.3 Å². The van der Waals surface area contributed by atoms with Crippen LogP contribution in [0.2, 0.25) is 0 Å². The third-order valence-corrected chi connectivity index (χ3v) is 3.31. The minimum atomic E-state index is -0.230. The predicted molar refractivity (Wildman–Crippen MR) is 81.4 cm³/mol. The maximum absolute atomic E-state index is 6.06. The first-order valence-corrected chi connectivity index (χ1v) is 7.09. The summed E-state index contributed by atoms with van der Waals surface area (Å²) in [6, 6.07) is 11.6. The Hall–Kier alpha value is -2.27. The Morgan fingerprint density at radius 1 is 1.10 bits per heavy atom. The Kier molecular flexibility index (Phi) is 3.66. The molecule has 2 heterocycles. The van der Waals surface area contributed by atoms with Crippen molar-refractivity contribution in [2.24, 2.45) is 11.7 Å². The van der Waals surface area contributed by atoms with E-state index in [2.05, 4.69) is 29.0 Å². The van der Waals surface area contributed by atoms with Crippen molar-refractivity contribution in [3.8, 4) is 11.5 Å². The Morgan fingerprint density at radius 3 is 2.71 bits per heavy atom. The van der Waals surface area contributed by atoms with E-state index in [1.165, 1.54) is 0 Å². The Labute approximate surface area is 123 Å². The van der Waals surface area contributed by atoms with Crippen molar-refractivity contribution < 1.29 is 4.52 Å². The van der Waals surface area contributed by atoms with Gasteiger partial charge in [-0.15, -0.1) is 0 Å². The van der Waals surface area contributed by atoms with Crippen molar-refractivity contribution in [1.82, 2.24) is 15.1 Å². The molecule has 0 fully saturated rings. The van der Waals surface area contributed by atoms with Crippen molar-refractivity contribution in [2.45, 2.75) is 26.3 Å². The van der Waals surface area contributed by atoms with Gasteiger partial charge in [0.05, 0.1) is 11.6 Å². The lowest BCUT2D eigenvalue weighted by molar-refractivity contribution is 0.335. The van der Waals surface area contributed by atoms with Gasteiger partial charge in [-0.25, -0.2) is 4.98 Å². The van der Waals surface area contributed by atoms with Gasteiger partial charge in [0.25, 0.3) is 0 Å². The molecule has 1 atom stereocenters. The average Bonchev–Trinajstić information content (AvgIpc) is 2.96. The van der Waals surface area contributed by atoms with E-state index in [9.17, 15) is 0 Å². The summed E-state index contributed by atoms with van der Waals surface area (Å²) in [5.74, 6) is 1.43. The Bertz CT molecular complexity index is 751. The van der Waals surface area contributed by atoms with Crippen molar-refractivity contribution in [3.05, 3.63) is 42.3 Å². The highest BCUT2D eigenvalue weighted by Gasteiger charge is 2.17. The molecule has 0 spiro atoms. The van der Waals surface area contributed by atoms with E-state index in [4.69, 9.17) is 10.3 Å². The SMILES string of the molecule is CC(C)CC(N)c1nc(-c2ccc3ccccc3n2)no1. The molecule has 2 N–H and O–H groups in total. The third kappa shape index (κ3) is 2.92. The van der Waals surface area contributed by atoms with Gasteiger partial charge in [-0.3, -0.25) is 0 Å².